The third-order valence-electron chi connectivity index (χ3n) is 4.85. The molecule has 0 spiro atoms. The molecule has 1 saturated heterocycles. The van der Waals surface area contributed by atoms with E-state index in [-0.39, 0.29) is 17.4 Å². The van der Waals surface area contributed by atoms with Crippen molar-refractivity contribution >= 4 is 27.6 Å². The highest BCUT2D eigenvalue weighted by Gasteiger charge is 2.32. The molecule has 0 aromatic heterocycles. The molecule has 0 radical (unpaired) electrons. The first kappa shape index (κ1) is 20.1. The molecule has 28 heavy (non-hydrogen) atoms. The van der Waals surface area contributed by atoms with Gasteiger partial charge in [0.25, 0.3) is 0 Å². The summed E-state index contributed by atoms with van der Waals surface area (Å²) >= 11 is 0. The summed E-state index contributed by atoms with van der Waals surface area (Å²) in [6, 6.07) is 18.3. The van der Waals surface area contributed by atoms with Crippen LogP contribution in [0.2, 0.25) is 0 Å². The Morgan fingerprint density at radius 2 is 1.89 bits per heavy atom. The van der Waals surface area contributed by atoms with Crippen LogP contribution < -0.4 is 10.3 Å². The third kappa shape index (κ3) is 5.42. The lowest BCUT2D eigenvalue weighted by molar-refractivity contribution is -0.124. The van der Waals surface area contributed by atoms with E-state index >= 15 is 0 Å². The Bertz CT molecular complexity index is 925. The van der Waals surface area contributed by atoms with Gasteiger partial charge in [0.05, 0.1) is 23.6 Å². The van der Waals surface area contributed by atoms with Gasteiger partial charge in [-0.1, -0.05) is 42.5 Å². The zero-order chi connectivity index (χ0) is 20.0. The molecule has 3 rings (SSSR count). The fraction of sp³-hybridized carbons (Fsp3) is 0.333. The Kier molecular flexibility index (Phi) is 6.46. The number of hydrogen-bond acceptors (Lipinski definition) is 5. The molecule has 1 fully saturated rings. The van der Waals surface area contributed by atoms with Crippen LogP contribution in [0.25, 0.3) is 0 Å². The Morgan fingerprint density at radius 1 is 1.18 bits per heavy atom. The summed E-state index contributed by atoms with van der Waals surface area (Å²) in [5.74, 6) is -0.848. The van der Waals surface area contributed by atoms with Crippen LogP contribution in [-0.2, 0) is 21.2 Å². The molecule has 0 bridgehead atoms. The second-order valence-electron chi connectivity index (χ2n) is 6.93. The van der Waals surface area contributed by atoms with E-state index < -0.39 is 15.8 Å². The maximum Gasteiger partial charge on any atom is 0.244 e. The lowest BCUT2D eigenvalue weighted by atomic mass is 10.1. The van der Waals surface area contributed by atoms with Crippen LogP contribution in [0.3, 0.4) is 0 Å². The molecular weight excluding hydrogens is 374 g/mol. The molecule has 0 saturated carbocycles. The smallest absolute Gasteiger partial charge is 0.244 e. The quantitative estimate of drug-likeness (QED) is 0.573. The lowest BCUT2D eigenvalue weighted by Gasteiger charge is -2.23. The molecule has 6 nitrogen and oxygen atoms in total. The van der Waals surface area contributed by atoms with Crippen molar-refractivity contribution < 1.29 is 13.2 Å². The van der Waals surface area contributed by atoms with Crippen molar-refractivity contribution in [3.63, 3.8) is 0 Å². The summed E-state index contributed by atoms with van der Waals surface area (Å²) in [5.41, 5.74) is 5.68. The largest absolute Gasteiger partial charge is 0.367 e. The van der Waals surface area contributed by atoms with Crippen molar-refractivity contribution in [2.75, 3.05) is 23.0 Å². The first-order valence-electron chi connectivity index (χ1n) is 9.39. The molecule has 1 aliphatic heterocycles. The molecule has 1 amide bonds. The van der Waals surface area contributed by atoms with Gasteiger partial charge in [-0.05, 0) is 36.6 Å². The fourth-order valence-corrected chi connectivity index (χ4v) is 4.97. The van der Waals surface area contributed by atoms with Gasteiger partial charge in [0.2, 0.25) is 5.91 Å². The van der Waals surface area contributed by atoms with E-state index in [4.69, 9.17) is 0 Å². The summed E-state index contributed by atoms with van der Waals surface area (Å²) in [7, 11) is -3.07. The average Bonchev–Trinajstić information content (AvgIpc) is 3.07. The van der Waals surface area contributed by atoms with Crippen LogP contribution in [-0.4, -0.2) is 38.6 Å². The van der Waals surface area contributed by atoms with E-state index in [2.05, 4.69) is 34.5 Å². The second-order valence-corrected chi connectivity index (χ2v) is 9.15. The number of carbonyl (C=O) groups is 1. The topological polar surface area (TPSA) is 78.8 Å². The van der Waals surface area contributed by atoms with E-state index in [1.165, 1.54) is 5.56 Å². The number of nitrogens with one attached hydrogen (secondary N) is 1. The van der Waals surface area contributed by atoms with Crippen molar-refractivity contribution in [3.8, 4) is 0 Å². The summed E-state index contributed by atoms with van der Waals surface area (Å²) < 4.78 is 22.9. The molecule has 7 heteroatoms. The van der Waals surface area contributed by atoms with E-state index in [1.54, 1.807) is 6.21 Å². The zero-order valence-electron chi connectivity index (χ0n) is 15.9. The Morgan fingerprint density at radius 3 is 2.50 bits per heavy atom. The van der Waals surface area contributed by atoms with Gasteiger partial charge in [-0.2, -0.15) is 5.10 Å². The lowest BCUT2D eigenvalue weighted by Crippen LogP contribution is -2.27. The Labute approximate surface area is 166 Å². The number of benzene rings is 2. The van der Waals surface area contributed by atoms with Gasteiger partial charge in [-0.15, -0.1) is 0 Å². The number of carbonyl (C=O) groups excluding carboxylic acids is 1. The summed E-state index contributed by atoms with van der Waals surface area (Å²) in [6.07, 6.45) is 1.94. The monoisotopic (exact) mass is 399 g/mol. The summed E-state index contributed by atoms with van der Waals surface area (Å²) in [6.45, 7) is 3.85. The summed E-state index contributed by atoms with van der Waals surface area (Å²) in [5, 5.41) is 3.96. The number of sulfone groups is 1. The maximum atomic E-state index is 12.0. The Balaban J connectivity index is 1.56. The Hall–Kier alpha value is -2.67. The van der Waals surface area contributed by atoms with E-state index in [0.717, 1.165) is 24.3 Å². The molecule has 2 aromatic carbocycles. The summed E-state index contributed by atoms with van der Waals surface area (Å²) in [4.78, 5) is 14.3. The first-order valence-corrected chi connectivity index (χ1v) is 11.2. The van der Waals surface area contributed by atoms with Crippen LogP contribution in [0.4, 0.5) is 5.69 Å². The number of amides is 1. The number of hydrogen-bond donors (Lipinski definition) is 1. The van der Waals surface area contributed by atoms with Crippen LogP contribution in [0.15, 0.2) is 59.7 Å². The molecule has 1 aliphatic rings. The molecular formula is C21H25N3O3S. The minimum atomic E-state index is -3.07. The molecule has 148 valence electrons. The number of anilines is 1. The highest BCUT2D eigenvalue weighted by molar-refractivity contribution is 7.91. The van der Waals surface area contributed by atoms with Gasteiger partial charge in [0.15, 0.2) is 9.84 Å². The second kappa shape index (κ2) is 9.01. The maximum absolute atomic E-state index is 12.0. The highest BCUT2D eigenvalue weighted by atomic mass is 32.2. The van der Waals surface area contributed by atoms with E-state index in [9.17, 15) is 13.2 Å². The van der Waals surface area contributed by atoms with Crippen molar-refractivity contribution in [2.45, 2.75) is 19.9 Å². The zero-order valence-corrected chi connectivity index (χ0v) is 16.7. The van der Waals surface area contributed by atoms with Crippen LogP contribution in [0, 0.1) is 5.92 Å². The molecule has 2 aromatic rings. The van der Waals surface area contributed by atoms with Gasteiger partial charge in [0, 0.05) is 18.8 Å². The number of rotatable bonds is 7. The van der Waals surface area contributed by atoms with Gasteiger partial charge in [-0.25, -0.2) is 13.8 Å². The van der Waals surface area contributed by atoms with Gasteiger partial charge in [-0.3, -0.25) is 4.79 Å². The highest BCUT2D eigenvalue weighted by Crippen LogP contribution is 2.19. The minimum absolute atomic E-state index is 0.0766. The SMILES string of the molecule is CCN(Cc1ccccc1)c1ccc(/C=N\NC(=O)[C@@H]2CCS(=O)(=O)C2)cc1. The molecule has 1 atom stereocenters. The first-order chi connectivity index (χ1) is 13.5. The van der Waals surface area contributed by atoms with Crippen LogP contribution in [0.5, 0.6) is 0 Å². The van der Waals surface area contributed by atoms with Crippen molar-refractivity contribution in [3.05, 3.63) is 65.7 Å². The van der Waals surface area contributed by atoms with Gasteiger partial charge in [0.1, 0.15) is 0 Å². The van der Waals surface area contributed by atoms with Crippen molar-refractivity contribution in [1.82, 2.24) is 5.43 Å². The number of hydrazone groups is 1. The van der Waals surface area contributed by atoms with Crippen molar-refractivity contribution in [1.29, 1.82) is 0 Å². The van der Waals surface area contributed by atoms with Crippen molar-refractivity contribution in [2.24, 2.45) is 11.0 Å². The van der Waals surface area contributed by atoms with E-state index in [0.29, 0.717) is 6.42 Å². The molecule has 1 heterocycles. The average molecular weight is 400 g/mol. The predicted molar refractivity (Wildman–Crippen MR) is 112 cm³/mol. The molecule has 1 N–H and O–H groups in total. The standard InChI is InChI=1S/C21H25N3O3S/c1-2-24(15-18-6-4-3-5-7-18)20-10-8-17(9-11-20)14-22-23-21(25)19-12-13-28(26,27)16-19/h3-11,14,19H,2,12-13,15-16H2,1H3,(H,23,25)/b22-14-/t19-/m1/s1. The molecule has 0 unspecified atom stereocenters. The normalized spacial score (nSPS) is 18.2. The molecule has 0 aliphatic carbocycles. The van der Waals surface area contributed by atoms with Gasteiger partial charge >= 0.3 is 0 Å². The van der Waals surface area contributed by atoms with Gasteiger partial charge < -0.3 is 4.90 Å². The van der Waals surface area contributed by atoms with Crippen LogP contribution >= 0.6 is 0 Å². The third-order valence-corrected chi connectivity index (χ3v) is 6.62. The minimum Gasteiger partial charge on any atom is -0.367 e. The van der Waals surface area contributed by atoms with E-state index in [1.807, 2.05) is 42.5 Å². The predicted octanol–water partition coefficient (Wildman–Crippen LogP) is 2.60. The fourth-order valence-electron chi connectivity index (χ4n) is 3.22. The van der Waals surface area contributed by atoms with Crippen LogP contribution in [0.1, 0.15) is 24.5 Å². The number of nitrogens with zero attached hydrogens (tertiary/aromatic N) is 2.